The van der Waals surface area contributed by atoms with Crippen LogP contribution in [0.2, 0.25) is 5.02 Å². The summed E-state index contributed by atoms with van der Waals surface area (Å²) < 4.78 is 30.2. The molecule has 0 radical (unpaired) electrons. The van der Waals surface area contributed by atoms with Crippen LogP contribution in [0.15, 0.2) is 46.3 Å². The van der Waals surface area contributed by atoms with Gasteiger partial charge in [-0.1, -0.05) is 29.0 Å². The zero-order valence-corrected chi connectivity index (χ0v) is 20.0. The van der Waals surface area contributed by atoms with Gasteiger partial charge < -0.3 is 4.57 Å². The van der Waals surface area contributed by atoms with Crippen molar-refractivity contribution >= 4 is 49.1 Å². The molecule has 164 valence electrons. The normalized spacial score (nSPS) is 16.8. The van der Waals surface area contributed by atoms with Crippen LogP contribution in [0.3, 0.4) is 0 Å². The third-order valence-corrected chi connectivity index (χ3v) is 9.21. The van der Waals surface area contributed by atoms with Gasteiger partial charge in [-0.3, -0.25) is 4.79 Å². The van der Waals surface area contributed by atoms with Crippen molar-refractivity contribution in [2.75, 3.05) is 13.1 Å². The molecule has 0 bridgehead atoms. The van der Waals surface area contributed by atoms with Crippen LogP contribution in [-0.4, -0.2) is 36.3 Å². The molecule has 1 aromatic heterocycles. The molecule has 0 atom stereocenters. The zero-order valence-electron chi connectivity index (χ0n) is 17.6. The van der Waals surface area contributed by atoms with Crippen molar-refractivity contribution in [3.05, 3.63) is 57.3 Å². The molecule has 1 aliphatic rings. The summed E-state index contributed by atoms with van der Waals surface area (Å²) in [4.78, 5) is 18.1. The number of nitrogens with zero attached hydrogens (tertiary/aromatic N) is 3. The molecular formula is C22H24ClN3O3S2. The topological polar surface area (TPSA) is 71.7 Å². The SMILES string of the molecule is Cc1ccc2sc(=NC(=O)C3CCN(S(=O)(=O)c4ccc(Cl)cc4)CC3)n(C)c2c1C. The Kier molecular flexibility index (Phi) is 6.09. The van der Waals surface area contributed by atoms with Crippen LogP contribution in [0.4, 0.5) is 0 Å². The quantitative estimate of drug-likeness (QED) is 0.571. The molecular weight excluding hydrogens is 454 g/mol. The summed E-state index contributed by atoms with van der Waals surface area (Å²) in [6.45, 7) is 4.74. The summed E-state index contributed by atoms with van der Waals surface area (Å²) in [5, 5.41) is 0.490. The average molecular weight is 478 g/mol. The third-order valence-electron chi connectivity index (χ3n) is 5.95. The van der Waals surface area contributed by atoms with Crippen molar-refractivity contribution in [1.82, 2.24) is 8.87 Å². The second-order valence-electron chi connectivity index (χ2n) is 7.88. The van der Waals surface area contributed by atoms with Gasteiger partial charge in [-0.15, -0.1) is 0 Å². The Labute approximate surface area is 190 Å². The van der Waals surface area contributed by atoms with Gasteiger partial charge in [-0.05, 0) is 68.1 Å². The van der Waals surface area contributed by atoms with Crippen molar-refractivity contribution in [3.8, 4) is 0 Å². The van der Waals surface area contributed by atoms with E-state index in [1.807, 2.05) is 11.6 Å². The third kappa shape index (κ3) is 4.22. The van der Waals surface area contributed by atoms with Gasteiger partial charge in [0, 0.05) is 31.1 Å². The van der Waals surface area contributed by atoms with Gasteiger partial charge in [0.25, 0.3) is 5.91 Å². The molecule has 1 fully saturated rings. The number of aryl methyl sites for hydroxylation is 3. The van der Waals surface area contributed by atoms with Gasteiger partial charge in [0.2, 0.25) is 10.0 Å². The van der Waals surface area contributed by atoms with E-state index in [2.05, 4.69) is 31.0 Å². The second kappa shape index (κ2) is 8.50. The predicted molar refractivity (Wildman–Crippen MR) is 124 cm³/mol. The van der Waals surface area contributed by atoms with Crippen LogP contribution < -0.4 is 4.80 Å². The molecule has 1 aliphatic heterocycles. The van der Waals surface area contributed by atoms with Gasteiger partial charge in [0.15, 0.2) is 4.80 Å². The Morgan fingerprint density at radius 3 is 2.39 bits per heavy atom. The minimum absolute atomic E-state index is 0.180. The fourth-order valence-corrected chi connectivity index (χ4v) is 6.60. The maximum Gasteiger partial charge on any atom is 0.251 e. The smallest absolute Gasteiger partial charge is 0.251 e. The molecule has 1 saturated heterocycles. The number of halogens is 1. The largest absolute Gasteiger partial charge is 0.319 e. The molecule has 6 nitrogen and oxygen atoms in total. The zero-order chi connectivity index (χ0) is 22.3. The molecule has 3 aromatic rings. The molecule has 0 spiro atoms. The summed E-state index contributed by atoms with van der Waals surface area (Å²) in [5.74, 6) is -0.454. The van der Waals surface area contributed by atoms with Crippen molar-refractivity contribution < 1.29 is 13.2 Å². The summed E-state index contributed by atoms with van der Waals surface area (Å²) in [6, 6.07) is 10.3. The standard InChI is InChI=1S/C22H24ClN3O3S2/c1-14-4-9-19-20(15(14)2)25(3)22(30-19)24-21(27)16-10-12-26(13-11-16)31(28,29)18-7-5-17(23)6-8-18/h4-9,16H,10-13H2,1-3H3. The van der Waals surface area contributed by atoms with Crippen LogP contribution in [0, 0.1) is 19.8 Å². The minimum atomic E-state index is -3.59. The van der Waals surface area contributed by atoms with E-state index in [4.69, 9.17) is 11.6 Å². The number of sulfonamides is 1. The van der Waals surface area contributed by atoms with E-state index >= 15 is 0 Å². The van der Waals surface area contributed by atoms with E-state index in [9.17, 15) is 13.2 Å². The van der Waals surface area contributed by atoms with Crippen molar-refractivity contribution in [3.63, 3.8) is 0 Å². The summed E-state index contributed by atoms with van der Waals surface area (Å²) in [6.07, 6.45) is 0.920. The lowest BCUT2D eigenvalue weighted by Crippen LogP contribution is -2.40. The van der Waals surface area contributed by atoms with Gasteiger partial charge in [-0.25, -0.2) is 8.42 Å². The Bertz CT molecular complexity index is 1320. The molecule has 0 N–H and O–H groups in total. The molecule has 0 unspecified atom stereocenters. The highest BCUT2D eigenvalue weighted by molar-refractivity contribution is 7.89. The second-order valence-corrected chi connectivity index (χ2v) is 11.3. The van der Waals surface area contributed by atoms with Crippen LogP contribution >= 0.6 is 22.9 Å². The van der Waals surface area contributed by atoms with E-state index in [1.54, 1.807) is 12.1 Å². The Morgan fingerprint density at radius 2 is 1.74 bits per heavy atom. The van der Waals surface area contributed by atoms with Gasteiger partial charge in [-0.2, -0.15) is 9.30 Å². The Morgan fingerprint density at radius 1 is 1.10 bits per heavy atom. The number of hydrogen-bond acceptors (Lipinski definition) is 4. The van der Waals surface area contributed by atoms with Gasteiger partial charge >= 0.3 is 0 Å². The lowest BCUT2D eigenvalue weighted by atomic mass is 9.98. The maximum atomic E-state index is 12.9. The number of hydrogen-bond donors (Lipinski definition) is 0. The maximum absolute atomic E-state index is 12.9. The van der Waals surface area contributed by atoms with Crippen molar-refractivity contribution in [2.45, 2.75) is 31.6 Å². The lowest BCUT2D eigenvalue weighted by molar-refractivity contribution is -0.122. The average Bonchev–Trinajstić information content (AvgIpc) is 3.07. The highest BCUT2D eigenvalue weighted by atomic mass is 35.5. The van der Waals surface area contributed by atoms with E-state index < -0.39 is 10.0 Å². The van der Waals surface area contributed by atoms with Crippen LogP contribution in [-0.2, 0) is 21.9 Å². The number of thiazole rings is 1. The number of carbonyl (C=O) groups excluding carboxylic acids is 1. The van der Waals surface area contributed by atoms with Crippen LogP contribution in [0.5, 0.6) is 0 Å². The first kappa shape index (κ1) is 22.2. The van der Waals surface area contributed by atoms with Crippen LogP contribution in [0.1, 0.15) is 24.0 Å². The molecule has 0 saturated carbocycles. The predicted octanol–water partition coefficient (Wildman–Crippen LogP) is 4.04. The first-order valence-electron chi connectivity index (χ1n) is 10.1. The minimum Gasteiger partial charge on any atom is -0.319 e. The lowest BCUT2D eigenvalue weighted by Gasteiger charge is -2.29. The Balaban J connectivity index is 1.51. The van der Waals surface area contributed by atoms with Crippen molar-refractivity contribution in [1.29, 1.82) is 0 Å². The number of benzene rings is 2. The summed E-state index contributed by atoms with van der Waals surface area (Å²) >= 11 is 7.36. The van der Waals surface area contributed by atoms with Gasteiger partial charge in [0.1, 0.15) is 0 Å². The number of carbonyl (C=O) groups is 1. The fraction of sp³-hybridized carbons (Fsp3) is 0.364. The molecule has 2 heterocycles. The number of fused-ring (bicyclic) bond motifs is 1. The summed E-state index contributed by atoms with van der Waals surface area (Å²) in [7, 11) is -1.66. The first-order chi connectivity index (χ1) is 14.7. The van der Waals surface area contributed by atoms with E-state index in [0.29, 0.717) is 35.8 Å². The molecule has 2 aromatic carbocycles. The van der Waals surface area contributed by atoms with E-state index in [0.717, 1.165) is 10.2 Å². The van der Waals surface area contributed by atoms with Crippen molar-refractivity contribution in [2.24, 2.45) is 18.0 Å². The highest BCUT2D eigenvalue weighted by Crippen LogP contribution is 2.26. The number of piperidine rings is 1. The monoisotopic (exact) mass is 477 g/mol. The molecule has 1 amide bonds. The molecule has 4 rings (SSSR count). The molecule has 0 aliphatic carbocycles. The molecule has 31 heavy (non-hydrogen) atoms. The van der Waals surface area contributed by atoms with E-state index in [1.165, 1.54) is 38.9 Å². The number of aromatic nitrogens is 1. The number of amides is 1. The Hall–Kier alpha value is -2.00. The van der Waals surface area contributed by atoms with E-state index in [-0.39, 0.29) is 16.7 Å². The highest BCUT2D eigenvalue weighted by Gasteiger charge is 2.32. The fourth-order valence-electron chi connectivity index (χ4n) is 3.92. The van der Waals surface area contributed by atoms with Gasteiger partial charge in [0.05, 0.1) is 15.1 Å². The molecule has 9 heteroatoms. The summed E-state index contributed by atoms with van der Waals surface area (Å²) in [5.41, 5.74) is 3.49. The number of rotatable bonds is 3. The first-order valence-corrected chi connectivity index (χ1v) is 12.7. The van der Waals surface area contributed by atoms with Crippen LogP contribution in [0.25, 0.3) is 10.2 Å².